The summed E-state index contributed by atoms with van der Waals surface area (Å²) >= 11 is 0. The normalized spacial score (nSPS) is 10.4. The molecule has 0 amide bonds. The van der Waals surface area contributed by atoms with Gasteiger partial charge < -0.3 is 14.2 Å². The van der Waals surface area contributed by atoms with Crippen molar-refractivity contribution in [2.45, 2.75) is 13.8 Å². The standard InChI is InChI=1S/C25H24O6/c1-17(2)24(27)30-16-15-29-21-10-5-19(6-11-21)7-14-23(26)20-8-12-22(13-9-20)31-25(28)18(3)4/h5-14H,1,3,15-16H2,2,4H3/b14-7+. The number of carbonyl (C=O) groups is 3. The zero-order valence-corrected chi connectivity index (χ0v) is 17.6. The molecule has 31 heavy (non-hydrogen) atoms. The van der Waals surface area contributed by atoms with Crippen LogP contribution in [0.4, 0.5) is 0 Å². The van der Waals surface area contributed by atoms with Crippen molar-refractivity contribution in [3.05, 3.63) is 90.0 Å². The maximum absolute atomic E-state index is 12.3. The highest BCUT2D eigenvalue weighted by molar-refractivity contribution is 6.06. The van der Waals surface area contributed by atoms with E-state index in [1.54, 1.807) is 68.5 Å². The fraction of sp³-hybridized carbons (Fsp3) is 0.160. The molecule has 0 radical (unpaired) electrons. The van der Waals surface area contributed by atoms with Crippen molar-refractivity contribution in [2.75, 3.05) is 13.2 Å². The van der Waals surface area contributed by atoms with Gasteiger partial charge in [0.2, 0.25) is 0 Å². The van der Waals surface area contributed by atoms with Crippen molar-refractivity contribution in [1.82, 2.24) is 0 Å². The molecule has 0 spiro atoms. The van der Waals surface area contributed by atoms with Crippen LogP contribution in [-0.4, -0.2) is 30.9 Å². The number of esters is 2. The van der Waals surface area contributed by atoms with Crippen LogP contribution in [0.2, 0.25) is 0 Å². The summed E-state index contributed by atoms with van der Waals surface area (Å²) in [7, 11) is 0. The number of carbonyl (C=O) groups excluding carboxylic acids is 3. The van der Waals surface area contributed by atoms with Crippen LogP contribution in [-0.2, 0) is 14.3 Å². The highest BCUT2D eigenvalue weighted by Crippen LogP contribution is 2.16. The van der Waals surface area contributed by atoms with Crippen LogP contribution in [0.5, 0.6) is 11.5 Å². The second kappa shape index (κ2) is 11.3. The molecule has 6 nitrogen and oxygen atoms in total. The van der Waals surface area contributed by atoms with E-state index in [0.717, 1.165) is 5.56 Å². The van der Waals surface area contributed by atoms with Gasteiger partial charge in [-0.1, -0.05) is 31.4 Å². The van der Waals surface area contributed by atoms with Crippen LogP contribution in [0, 0.1) is 0 Å². The van der Waals surface area contributed by atoms with Crippen molar-refractivity contribution in [2.24, 2.45) is 0 Å². The first-order valence-corrected chi connectivity index (χ1v) is 9.52. The van der Waals surface area contributed by atoms with E-state index in [2.05, 4.69) is 13.2 Å². The Balaban J connectivity index is 1.85. The van der Waals surface area contributed by atoms with E-state index in [1.165, 1.54) is 6.08 Å². The molecule has 2 aromatic rings. The smallest absolute Gasteiger partial charge is 0.338 e. The number of allylic oxidation sites excluding steroid dienone is 1. The summed E-state index contributed by atoms with van der Waals surface area (Å²) in [5, 5.41) is 0. The number of hydrogen-bond donors (Lipinski definition) is 0. The van der Waals surface area contributed by atoms with Gasteiger partial charge in [0.1, 0.15) is 24.7 Å². The fourth-order valence-corrected chi connectivity index (χ4v) is 2.24. The van der Waals surface area contributed by atoms with Gasteiger partial charge >= 0.3 is 11.9 Å². The van der Waals surface area contributed by atoms with Gasteiger partial charge in [-0.05, 0) is 61.9 Å². The number of hydrogen-bond acceptors (Lipinski definition) is 6. The number of rotatable bonds is 10. The zero-order valence-electron chi connectivity index (χ0n) is 17.6. The highest BCUT2D eigenvalue weighted by atomic mass is 16.6. The molecule has 0 aromatic heterocycles. The van der Waals surface area contributed by atoms with Gasteiger partial charge in [0.15, 0.2) is 5.78 Å². The summed E-state index contributed by atoms with van der Waals surface area (Å²) in [5.41, 5.74) is 1.93. The topological polar surface area (TPSA) is 78.9 Å². The monoisotopic (exact) mass is 420 g/mol. The van der Waals surface area contributed by atoms with Crippen LogP contribution in [0.3, 0.4) is 0 Å². The molecule has 0 N–H and O–H groups in total. The predicted octanol–water partition coefficient (Wildman–Crippen LogP) is 4.56. The van der Waals surface area contributed by atoms with Crippen molar-refractivity contribution in [3.63, 3.8) is 0 Å². The highest BCUT2D eigenvalue weighted by Gasteiger charge is 2.07. The fourth-order valence-electron chi connectivity index (χ4n) is 2.24. The van der Waals surface area contributed by atoms with Crippen LogP contribution in [0.15, 0.2) is 78.9 Å². The molecule has 0 atom stereocenters. The summed E-state index contributed by atoms with van der Waals surface area (Å²) in [6, 6.07) is 13.4. The van der Waals surface area contributed by atoms with Crippen LogP contribution < -0.4 is 9.47 Å². The van der Waals surface area contributed by atoms with Crippen molar-refractivity contribution >= 4 is 23.8 Å². The average Bonchev–Trinajstić information content (AvgIpc) is 2.76. The Morgan fingerprint density at radius 3 is 1.97 bits per heavy atom. The minimum absolute atomic E-state index is 0.132. The van der Waals surface area contributed by atoms with E-state index in [9.17, 15) is 14.4 Å². The lowest BCUT2D eigenvalue weighted by Crippen LogP contribution is -2.12. The van der Waals surface area contributed by atoms with E-state index >= 15 is 0 Å². The molecule has 0 aliphatic carbocycles. The summed E-state index contributed by atoms with van der Waals surface area (Å²) in [6.07, 6.45) is 3.15. The molecule has 0 bridgehead atoms. The lowest BCUT2D eigenvalue weighted by molar-refractivity contribution is -0.139. The van der Waals surface area contributed by atoms with Crippen LogP contribution >= 0.6 is 0 Å². The zero-order chi connectivity index (χ0) is 22.8. The summed E-state index contributed by atoms with van der Waals surface area (Å²) in [4.78, 5) is 35.1. The molecule has 0 saturated carbocycles. The maximum Gasteiger partial charge on any atom is 0.338 e. The quantitative estimate of drug-likeness (QED) is 0.184. The first-order valence-electron chi connectivity index (χ1n) is 9.52. The lowest BCUT2D eigenvalue weighted by atomic mass is 10.1. The maximum atomic E-state index is 12.3. The Morgan fingerprint density at radius 2 is 1.39 bits per heavy atom. The third-order valence-corrected chi connectivity index (χ3v) is 3.94. The van der Waals surface area contributed by atoms with Gasteiger partial charge in [-0.3, -0.25) is 4.79 Å². The summed E-state index contributed by atoms with van der Waals surface area (Å²) < 4.78 is 15.6. The van der Waals surface area contributed by atoms with Gasteiger partial charge in [-0.25, -0.2) is 9.59 Å². The Labute approximate surface area is 181 Å². The molecule has 0 aliphatic rings. The molecular weight excluding hydrogens is 396 g/mol. The van der Waals surface area contributed by atoms with E-state index in [0.29, 0.717) is 28.2 Å². The van der Waals surface area contributed by atoms with Crippen LogP contribution in [0.25, 0.3) is 6.08 Å². The first kappa shape index (κ1) is 23.3. The first-order chi connectivity index (χ1) is 14.8. The third kappa shape index (κ3) is 7.78. The molecule has 2 aromatic carbocycles. The lowest BCUT2D eigenvalue weighted by Gasteiger charge is -2.07. The van der Waals surface area contributed by atoms with Crippen molar-refractivity contribution < 1.29 is 28.6 Å². The van der Waals surface area contributed by atoms with Gasteiger partial charge in [-0.2, -0.15) is 0 Å². The molecule has 0 heterocycles. The Hall–Kier alpha value is -3.93. The number of benzene rings is 2. The Kier molecular flexibility index (Phi) is 8.52. The molecular formula is C25H24O6. The van der Waals surface area contributed by atoms with Gasteiger partial charge in [0.05, 0.1) is 0 Å². The van der Waals surface area contributed by atoms with E-state index < -0.39 is 11.9 Å². The Bertz CT molecular complexity index is 997. The van der Waals surface area contributed by atoms with Gasteiger partial charge in [-0.15, -0.1) is 0 Å². The SMILES string of the molecule is C=C(C)C(=O)OCCOc1ccc(/C=C/C(=O)c2ccc(OC(=O)C(=C)C)cc2)cc1. The molecule has 0 fully saturated rings. The molecule has 6 heteroatoms. The molecule has 160 valence electrons. The van der Waals surface area contributed by atoms with Gasteiger partial charge in [0.25, 0.3) is 0 Å². The number of ketones is 1. The Morgan fingerprint density at radius 1 is 0.806 bits per heavy atom. The predicted molar refractivity (Wildman–Crippen MR) is 118 cm³/mol. The molecule has 0 aliphatic heterocycles. The summed E-state index contributed by atoms with van der Waals surface area (Å²) in [5.74, 6) is -0.179. The van der Waals surface area contributed by atoms with Gasteiger partial charge in [0, 0.05) is 16.7 Å². The molecule has 0 saturated heterocycles. The summed E-state index contributed by atoms with van der Waals surface area (Å²) in [6.45, 7) is 10.5. The second-order valence-corrected chi connectivity index (χ2v) is 6.73. The minimum Gasteiger partial charge on any atom is -0.490 e. The van der Waals surface area contributed by atoms with E-state index in [-0.39, 0.29) is 19.0 Å². The third-order valence-electron chi connectivity index (χ3n) is 3.94. The molecule has 2 rings (SSSR count). The largest absolute Gasteiger partial charge is 0.490 e. The molecule has 0 unspecified atom stereocenters. The minimum atomic E-state index is -0.515. The van der Waals surface area contributed by atoms with Crippen molar-refractivity contribution in [3.8, 4) is 11.5 Å². The second-order valence-electron chi connectivity index (χ2n) is 6.73. The van der Waals surface area contributed by atoms with Crippen LogP contribution in [0.1, 0.15) is 29.8 Å². The van der Waals surface area contributed by atoms with E-state index in [1.807, 2.05) is 0 Å². The average molecular weight is 420 g/mol. The van der Waals surface area contributed by atoms with Crippen molar-refractivity contribution in [1.29, 1.82) is 0 Å². The van der Waals surface area contributed by atoms with E-state index in [4.69, 9.17) is 14.2 Å². The number of ether oxygens (including phenoxy) is 3.